The molecule has 2 aromatic rings. The van der Waals surface area contributed by atoms with Crippen molar-refractivity contribution in [3.63, 3.8) is 0 Å². The van der Waals surface area contributed by atoms with Gasteiger partial charge in [-0.15, -0.1) is 0 Å². The fourth-order valence-electron chi connectivity index (χ4n) is 3.31. The van der Waals surface area contributed by atoms with Crippen molar-refractivity contribution in [1.29, 1.82) is 0 Å². The standard InChI is InChI=1S/C23H27N3O5/c1-3-19(23(29)26-12-14-31-15-13-26)24-22(28)18-6-4-5-7-20(18)25-21(27)16-8-10-17(30-2)11-9-16/h4-11,19H,3,12-15H2,1-2H3,(H,24,28)(H,25,27). The molecular formula is C23H27N3O5. The van der Waals surface area contributed by atoms with E-state index in [4.69, 9.17) is 9.47 Å². The molecule has 1 heterocycles. The van der Waals surface area contributed by atoms with E-state index in [2.05, 4.69) is 10.6 Å². The smallest absolute Gasteiger partial charge is 0.255 e. The minimum absolute atomic E-state index is 0.126. The van der Waals surface area contributed by atoms with Crippen LogP contribution in [0.3, 0.4) is 0 Å². The van der Waals surface area contributed by atoms with Crippen LogP contribution in [0.25, 0.3) is 0 Å². The Kier molecular flexibility index (Phi) is 7.61. The number of carbonyl (C=O) groups excluding carboxylic acids is 3. The molecule has 3 rings (SSSR count). The number of anilines is 1. The molecule has 0 aromatic heterocycles. The number of ether oxygens (including phenoxy) is 2. The molecule has 1 aliphatic rings. The summed E-state index contributed by atoms with van der Waals surface area (Å²) < 4.78 is 10.4. The maximum absolute atomic E-state index is 12.9. The Morgan fingerprint density at radius 3 is 2.35 bits per heavy atom. The van der Waals surface area contributed by atoms with Crippen LogP contribution in [-0.4, -0.2) is 62.1 Å². The SMILES string of the molecule is CCC(NC(=O)c1ccccc1NC(=O)c1ccc(OC)cc1)C(=O)N1CCOCC1. The van der Waals surface area contributed by atoms with Crippen LogP contribution in [0.2, 0.25) is 0 Å². The van der Waals surface area contributed by atoms with E-state index < -0.39 is 11.9 Å². The number of nitrogens with zero attached hydrogens (tertiary/aromatic N) is 1. The van der Waals surface area contributed by atoms with Gasteiger partial charge in [-0.3, -0.25) is 14.4 Å². The number of benzene rings is 2. The van der Waals surface area contributed by atoms with Crippen molar-refractivity contribution in [2.45, 2.75) is 19.4 Å². The summed E-state index contributed by atoms with van der Waals surface area (Å²) in [7, 11) is 1.55. The summed E-state index contributed by atoms with van der Waals surface area (Å²) in [5, 5.41) is 5.59. The Morgan fingerprint density at radius 1 is 1.03 bits per heavy atom. The van der Waals surface area contributed by atoms with Gasteiger partial charge in [0.05, 0.1) is 31.6 Å². The first-order valence-electron chi connectivity index (χ1n) is 10.2. The molecule has 0 aliphatic carbocycles. The zero-order chi connectivity index (χ0) is 22.2. The van der Waals surface area contributed by atoms with Crippen LogP contribution >= 0.6 is 0 Å². The van der Waals surface area contributed by atoms with Crippen LogP contribution in [0.4, 0.5) is 5.69 Å². The quantitative estimate of drug-likeness (QED) is 0.710. The number of hydrogen-bond acceptors (Lipinski definition) is 5. The second kappa shape index (κ2) is 10.6. The van der Waals surface area contributed by atoms with Gasteiger partial charge in [-0.05, 0) is 42.8 Å². The number of hydrogen-bond donors (Lipinski definition) is 2. The monoisotopic (exact) mass is 425 g/mol. The van der Waals surface area contributed by atoms with E-state index in [0.29, 0.717) is 49.7 Å². The minimum Gasteiger partial charge on any atom is -0.497 e. The van der Waals surface area contributed by atoms with Gasteiger partial charge in [0.2, 0.25) is 5.91 Å². The number of para-hydroxylation sites is 1. The van der Waals surface area contributed by atoms with Crippen molar-refractivity contribution >= 4 is 23.4 Å². The Balaban J connectivity index is 1.71. The summed E-state index contributed by atoms with van der Waals surface area (Å²) in [6.45, 7) is 3.87. The normalized spacial score (nSPS) is 14.5. The summed E-state index contributed by atoms with van der Waals surface area (Å²) >= 11 is 0. The largest absolute Gasteiger partial charge is 0.497 e. The molecular weight excluding hydrogens is 398 g/mol. The zero-order valence-electron chi connectivity index (χ0n) is 17.7. The zero-order valence-corrected chi connectivity index (χ0v) is 17.7. The van der Waals surface area contributed by atoms with Crippen molar-refractivity contribution < 1.29 is 23.9 Å². The summed E-state index contributed by atoms with van der Waals surface area (Å²) in [5.74, 6) is -0.246. The molecule has 1 fully saturated rings. The molecule has 0 spiro atoms. The van der Waals surface area contributed by atoms with Crippen LogP contribution in [-0.2, 0) is 9.53 Å². The fraction of sp³-hybridized carbons (Fsp3) is 0.348. The molecule has 1 unspecified atom stereocenters. The Morgan fingerprint density at radius 2 is 1.71 bits per heavy atom. The second-order valence-corrected chi connectivity index (χ2v) is 7.10. The average Bonchev–Trinajstić information content (AvgIpc) is 2.82. The summed E-state index contributed by atoms with van der Waals surface area (Å²) in [5.41, 5.74) is 1.09. The maximum Gasteiger partial charge on any atom is 0.255 e. The molecule has 3 amide bonds. The van der Waals surface area contributed by atoms with E-state index in [1.807, 2.05) is 6.92 Å². The van der Waals surface area contributed by atoms with Gasteiger partial charge in [-0.2, -0.15) is 0 Å². The van der Waals surface area contributed by atoms with Crippen molar-refractivity contribution in [3.8, 4) is 5.75 Å². The fourth-order valence-corrected chi connectivity index (χ4v) is 3.31. The average molecular weight is 425 g/mol. The number of nitrogens with one attached hydrogen (secondary N) is 2. The summed E-state index contributed by atoms with van der Waals surface area (Å²) in [6.07, 6.45) is 0.461. The van der Waals surface area contributed by atoms with E-state index in [-0.39, 0.29) is 17.4 Å². The van der Waals surface area contributed by atoms with Crippen LogP contribution in [0.5, 0.6) is 5.75 Å². The maximum atomic E-state index is 12.9. The lowest BCUT2D eigenvalue weighted by molar-refractivity contribution is -0.137. The van der Waals surface area contributed by atoms with Crippen molar-refractivity contribution in [3.05, 3.63) is 59.7 Å². The van der Waals surface area contributed by atoms with Gasteiger partial charge >= 0.3 is 0 Å². The lowest BCUT2D eigenvalue weighted by Gasteiger charge is -2.30. The number of amides is 3. The van der Waals surface area contributed by atoms with Crippen molar-refractivity contribution in [2.24, 2.45) is 0 Å². The highest BCUT2D eigenvalue weighted by molar-refractivity contribution is 6.09. The van der Waals surface area contributed by atoms with Gasteiger partial charge in [0.1, 0.15) is 11.8 Å². The van der Waals surface area contributed by atoms with Crippen molar-refractivity contribution in [2.75, 3.05) is 38.7 Å². The third-order valence-electron chi connectivity index (χ3n) is 5.11. The first-order valence-corrected chi connectivity index (χ1v) is 10.2. The number of carbonyl (C=O) groups is 3. The van der Waals surface area contributed by atoms with E-state index in [9.17, 15) is 14.4 Å². The number of morpholine rings is 1. The second-order valence-electron chi connectivity index (χ2n) is 7.10. The predicted molar refractivity (Wildman–Crippen MR) is 116 cm³/mol. The molecule has 2 N–H and O–H groups in total. The Hall–Kier alpha value is -3.39. The molecule has 0 radical (unpaired) electrons. The Labute approximate surface area is 181 Å². The van der Waals surface area contributed by atoms with Gasteiger partial charge < -0.3 is 25.0 Å². The number of rotatable bonds is 7. The molecule has 8 heteroatoms. The van der Waals surface area contributed by atoms with Gasteiger partial charge in [0.15, 0.2) is 0 Å². The molecule has 1 atom stereocenters. The van der Waals surface area contributed by atoms with Crippen molar-refractivity contribution in [1.82, 2.24) is 10.2 Å². The van der Waals surface area contributed by atoms with Crippen LogP contribution in [0.15, 0.2) is 48.5 Å². The topological polar surface area (TPSA) is 97.0 Å². The molecule has 1 aliphatic heterocycles. The molecule has 31 heavy (non-hydrogen) atoms. The van der Waals surface area contributed by atoms with Crippen LogP contribution < -0.4 is 15.4 Å². The van der Waals surface area contributed by atoms with Crippen LogP contribution in [0, 0.1) is 0 Å². The highest BCUT2D eigenvalue weighted by Gasteiger charge is 2.27. The summed E-state index contributed by atoms with van der Waals surface area (Å²) in [6, 6.07) is 12.7. The molecule has 0 bridgehead atoms. The Bertz CT molecular complexity index is 923. The molecule has 0 saturated carbocycles. The van der Waals surface area contributed by atoms with Gasteiger partial charge in [-0.1, -0.05) is 19.1 Å². The van der Waals surface area contributed by atoms with Crippen LogP contribution in [0.1, 0.15) is 34.1 Å². The highest BCUT2D eigenvalue weighted by Crippen LogP contribution is 2.18. The first-order chi connectivity index (χ1) is 15.0. The van der Waals surface area contributed by atoms with Gasteiger partial charge in [-0.25, -0.2) is 0 Å². The van der Waals surface area contributed by atoms with E-state index in [1.165, 1.54) is 0 Å². The lowest BCUT2D eigenvalue weighted by atomic mass is 10.1. The predicted octanol–water partition coefficient (Wildman–Crippen LogP) is 2.31. The minimum atomic E-state index is -0.643. The molecule has 1 saturated heterocycles. The van der Waals surface area contributed by atoms with Gasteiger partial charge in [0.25, 0.3) is 11.8 Å². The first kappa shape index (κ1) is 22.3. The lowest BCUT2D eigenvalue weighted by Crippen LogP contribution is -2.51. The molecule has 8 nitrogen and oxygen atoms in total. The summed E-state index contributed by atoms with van der Waals surface area (Å²) in [4.78, 5) is 40.1. The van der Waals surface area contributed by atoms with E-state index >= 15 is 0 Å². The highest BCUT2D eigenvalue weighted by atomic mass is 16.5. The number of methoxy groups -OCH3 is 1. The van der Waals surface area contributed by atoms with E-state index in [0.717, 1.165) is 0 Å². The third kappa shape index (κ3) is 5.61. The molecule has 164 valence electrons. The molecule has 2 aromatic carbocycles. The van der Waals surface area contributed by atoms with Gasteiger partial charge in [0, 0.05) is 18.7 Å². The third-order valence-corrected chi connectivity index (χ3v) is 5.11. The van der Waals surface area contributed by atoms with E-state index in [1.54, 1.807) is 60.5 Å².